The van der Waals surface area contributed by atoms with E-state index < -0.39 is 29.4 Å². The van der Waals surface area contributed by atoms with Crippen LogP contribution in [0.2, 0.25) is 0 Å². The maximum absolute atomic E-state index is 13.3. The van der Waals surface area contributed by atoms with Crippen molar-refractivity contribution in [1.82, 2.24) is 20.0 Å². The molecule has 1 N–H and O–H groups in total. The molecular weight excluding hydrogens is 490 g/mol. The lowest BCUT2D eigenvalue weighted by Gasteiger charge is -2.32. The number of carbonyl (C=O) groups excluding carboxylic acids is 4. The number of ether oxygens (including phenoxy) is 2. The van der Waals surface area contributed by atoms with Crippen LogP contribution in [0.25, 0.3) is 0 Å². The van der Waals surface area contributed by atoms with E-state index in [4.69, 9.17) is 9.47 Å². The number of nitrogens with zero attached hydrogens (tertiary/aromatic N) is 4. The highest BCUT2D eigenvalue weighted by Gasteiger charge is 2.37. The van der Waals surface area contributed by atoms with Crippen LogP contribution < -0.4 is 5.32 Å². The summed E-state index contributed by atoms with van der Waals surface area (Å²) in [6.45, 7) is 17.5. The zero-order valence-corrected chi connectivity index (χ0v) is 24.2. The van der Waals surface area contributed by atoms with E-state index in [9.17, 15) is 19.2 Å². The Hall–Kier alpha value is -3.50. The maximum Gasteiger partial charge on any atom is 0.437 e. The van der Waals surface area contributed by atoms with E-state index in [0.29, 0.717) is 5.70 Å². The van der Waals surface area contributed by atoms with Gasteiger partial charge in [-0.3, -0.25) is 9.59 Å². The first-order valence-corrected chi connectivity index (χ1v) is 12.6. The molecule has 1 atom stereocenters. The number of aliphatic imine (C=N–C) groups is 1. The standard InChI is InChI=1S/C27H41N5O6/c1-17(29-18(2)21-19(33)14-27(9,10)15-20(21)34)16-31(24(36)38-26(6,7)8)22(32-13-11-12-28-32)30-23(35)37-25(3,4)5/h11-13,17,29H,14-16H2,1-10H3. The monoisotopic (exact) mass is 531 g/mol. The van der Waals surface area contributed by atoms with Crippen molar-refractivity contribution in [1.29, 1.82) is 0 Å². The molecule has 0 saturated heterocycles. The third-order valence-corrected chi connectivity index (χ3v) is 5.28. The molecule has 11 nitrogen and oxygen atoms in total. The predicted molar refractivity (Wildman–Crippen MR) is 143 cm³/mol. The van der Waals surface area contributed by atoms with Crippen molar-refractivity contribution in [2.75, 3.05) is 6.54 Å². The summed E-state index contributed by atoms with van der Waals surface area (Å²) in [5, 5.41) is 7.32. The molecule has 2 rings (SSSR count). The van der Waals surface area contributed by atoms with Gasteiger partial charge < -0.3 is 14.8 Å². The maximum atomic E-state index is 13.3. The molecule has 1 saturated carbocycles. The molecule has 0 aliphatic heterocycles. The molecule has 1 fully saturated rings. The molecule has 2 amide bonds. The van der Waals surface area contributed by atoms with Crippen molar-refractivity contribution < 1.29 is 28.7 Å². The number of rotatable bonds is 4. The highest BCUT2D eigenvalue weighted by atomic mass is 16.6. The Morgan fingerprint density at radius 3 is 2.13 bits per heavy atom. The Morgan fingerprint density at radius 2 is 1.66 bits per heavy atom. The van der Waals surface area contributed by atoms with E-state index in [2.05, 4.69) is 15.4 Å². The Bertz CT molecular complexity index is 1100. The Balaban J connectivity index is 2.43. The number of allylic oxidation sites excluding steroid dienone is 2. The fraction of sp³-hybridized carbons (Fsp3) is 0.630. The van der Waals surface area contributed by atoms with Gasteiger partial charge in [0.2, 0.25) is 5.96 Å². The predicted octanol–water partition coefficient (Wildman–Crippen LogP) is 4.47. The average molecular weight is 532 g/mol. The summed E-state index contributed by atoms with van der Waals surface area (Å²) in [7, 11) is 0. The van der Waals surface area contributed by atoms with Crippen LogP contribution in [-0.4, -0.2) is 68.2 Å². The minimum absolute atomic E-state index is 0.0328. The minimum atomic E-state index is -0.906. The lowest BCUT2D eigenvalue weighted by Crippen LogP contribution is -2.50. The summed E-state index contributed by atoms with van der Waals surface area (Å²) in [6.07, 6.45) is 1.90. The Labute approximate surface area is 224 Å². The van der Waals surface area contributed by atoms with E-state index in [1.54, 1.807) is 61.5 Å². The molecule has 0 aromatic carbocycles. The number of ketones is 2. The van der Waals surface area contributed by atoms with Gasteiger partial charge in [-0.25, -0.2) is 19.2 Å². The molecule has 1 aliphatic carbocycles. The van der Waals surface area contributed by atoms with E-state index in [1.807, 2.05) is 13.8 Å². The van der Waals surface area contributed by atoms with Crippen LogP contribution in [0.3, 0.4) is 0 Å². The number of carbonyl (C=O) groups is 4. The van der Waals surface area contributed by atoms with Gasteiger partial charge in [0.25, 0.3) is 0 Å². The smallest absolute Gasteiger partial charge is 0.437 e. The third-order valence-electron chi connectivity index (χ3n) is 5.28. The second kappa shape index (κ2) is 11.5. The summed E-state index contributed by atoms with van der Waals surface area (Å²) in [4.78, 5) is 56.7. The summed E-state index contributed by atoms with van der Waals surface area (Å²) in [5.41, 5.74) is -1.45. The quantitative estimate of drug-likeness (QED) is 0.260. The summed E-state index contributed by atoms with van der Waals surface area (Å²) in [5.74, 6) is -0.545. The lowest BCUT2D eigenvalue weighted by molar-refractivity contribution is -0.127. The zero-order valence-electron chi connectivity index (χ0n) is 24.2. The van der Waals surface area contributed by atoms with Gasteiger partial charge in [0.05, 0.1) is 12.1 Å². The van der Waals surface area contributed by atoms with Gasteiger partial charge in [-0.05, 0) is 66.9 Å². The first-order chi connectivity index (χ1) is 17.3. The summed E-state index contributed by atoms with van der Waals surface area (Å²) < 4.78 is 12.2. The molecule has 0 spiro atoms. The van der Waals surface area contributed by atoms with Crippen molar-refractivity contribution in [2.24, 2.45) is 10.4 Å². The van der Waals surface area contributed by atoms with Crippen molar-refractivity contribution in [3.8, 4) is 0 Å². The van der Waals surface area contributed by atoms with Crippen LogP contribution in [0.5, 0.6) is 0 Å². The van der Waals surface area contributed by atoms with Crippen molar-refractivity contribution in [2.45, 2.75) is 99.3 Å². The average Bonchev–Trinajstić information content (AvgIpc) is 3.20. The molecule has 11 heteroatoms. The topological polar surface area (TPSA) is 132 Å². The first kappa shape index (κ1) is 30.7. The number of nitrogens with one attached hydrogen (secondary N) is 1. The molecule has 1 heterocycles. The van der Waals surface area contributed by atoms with Gasteiger partial charge in [-0.15, -0.1) is 4.99 Å². The SMILES string of the molecule is CC(NC(C)CN(C(=O)OC(C)(C)C)C(=NC(=O)OC(C)(C)C)n1cccn1)=C1C(=O)CC(C)(C)CC1=O. The second-order valence-electron chi connectivity index (χ2n) is 12.3. The molecule has 210 valence electrons. The Kier molecular flexibility index (Phi) is 9.29. The van der Waals surface area contributed by atoms with Crippen LogP contribution >= 0.6 is 0 Å². The normalized spacial score (nSPS) is 17.1. The van der Waals surface area contributed by atoms with Crippen molar-refractivity contribution >= 4 is 29.7 Å². The van der Waals surface area contributed by atoms with Gasteiger partial charge in [0.1, 0.15) is 11.2 Å². The molecule has 0 radical (unpaired) electrons. The minimum Gasteiger partial charge on any atom is -0.443 e. The van der Waals surface area contributed by atoms with Gasteiger partial charge >= 0.3 is 12.2 Å². The van der Waals surface area contributed by atoms with Crippen LogP contribution in [0.4, 0.5) is 9.59 Å². The van der Waals surface area contributed by atoms with Gasteiger partial charge in [0, 0.05) is 37.0 Å². The number of hydrogen-bond donors (Lipinski definition) is 1. The van der Waals surface area contributed by atoms with Crippen molar-refractivity contribution in [3.05, 3.63) is 29.7 Å². The fourth-order valence-electron chi connectivity index (χ4n) is 3.99. The Morgan fingerprint density at radius 1 is 1.11 bits per heavy atom. The van der Waals surface area contributed by atoms with E-state index in [1.165, 1.54) is 22.0 Å². The number of aromatic nitrogens is 2. The molecule has 1 unspecified atom stereocenters. The lowest BCUT2D eigenvalue weighted by atomic mass is 9.73. The van der Waals surface area contributed by atoms with Gasteiger partial charge in [-0.2, -0.15) is 5.10 Å². The van der Waals surface area contributed by atoms with E-state index in [-0.39, 0.29) is 47.9 Å². The zero-order chi connectivity index (χ0) is 29.1. The molecule has 1 aliphatic rings. The number of hydrogen-bond acceptors (Lipinski definition) is 8. The van der Waals surface area contributed by atoms with Gasteiger partial charge in [-0.1, -0.05) is 13.8 Å². The highest BCUT2D eigenvalue weighted by molar-refractivity contribution is 6.22. The van der Waals surface area contributed by atoms with E-state index >= 15 is 0 Å². The largest absolute Gasteiger partial charge is 0.443 e. The molecule has 1 aromatic rings. The third kappa shape index (κ3) is 9.11. The van der Waals surface area contributed by atoms with Crippen LogP contribution in [0.1, 0.15) is 82.1 Å². The summed E-state index contributed by atoms with van der Waals surface area (Å²) >= 11 is 0. The molecule has 0 bridgehead atoms. The molecule has 38 heavy (non-hydrogen) atoms. The number of Topliss-reactive ketones (excluding diaryl/α,β-unsaturated/α-hetero) is 2. The van der Waals surface area contributed by atoms with Crippen molar-refractivity contribution in [3.63, 3.8) is 0 Å². The summed E-state index contributed by atoms with van der Waals surface area (Å²) in [6, 6.07) is 1.14. The number of amides is 2. The molecule has 1 aromatic heterocycles. The van der Waals surface area contributed by atoms with Crippen LogP contribution in [0, 0.1) is 5.41 Å². The van der Waals surface area contributed by atoms with Crippen LogP contribution in [-0.2, 0) is 19.1 Å². The fourth-order valence-corrected chi connectivity index (χ4v) is 3.99. The highest BCUT2D eigenvalue weighted by Crippen LogP contribution is 2.34. The second-order valence-corrected chi connectivity index (χ2v) is 12.3. The van der Waals surface area contributed by atoms with E-state index in [0.717, 1.165) is 0 Å². The molecular formula is C27H41N5O6. The van der Waals surface area contributed by atoms with Gasteiger partial charge in [0.15, 0.2) is 11.6 Å². The van der Waals surface area contributed by atoms with Crippen LogP contribution in [0.15, 0.2) is 34.7 Å². The first-order valence-electron chi connectivity index (χ1n) is 12.6.